The number of hydrogen-bond donors (Lipinski definition) is 1. The van der Waals surface area contributed by atoms with Crippen LogP contribution >= 0.6 is 15.9 Å². The molecule has 10 nitrogen and oxygen atoms in total. The lowest BCUT2D eigenvalue weighted by Crippen LogP contribution is -2.55. The number of nitrogens with zero attached hydrogens (tertiary/aromatic N) is 3. The highest BCUT2D eigenvalue weighted by Gasteiger charge is 2.34. The Morgan fingerprint density at radius 3 is 2.30 bits per heavy atom. The van der Waals surface area contributed by atoms with Crippen molar-refractivity contribution in [3.63, 3.8) is 0 Å². The number of hydrogen-bond acceptors (Lipinski definition) is 6. The highest BCUT2D eigenvalue weighted by Crippen LogP contribution is 2.25. The summed E-state index contributed by atoms with van der Waals surface area (Å²) in [5.41, 5.74) is 1.27. The lowest BCUT2D eigenvalue weighted by molar-refractivity contribution is -0.384. The van der Waals surface area contributed by atoms with Crippen molar-refractivity contribution in [1.29, 1.82) is 0 Å². The van der Waals surface area contributed by atoms with Crippen LogP contribution in [0.5, 0.6) is 0 Å². The average molecular weight is 672 g/mol. The second-order valence-electron chi connectivity index (χ2n) is 10.7. The number of nitrogens with one attached hydrogen (secondary N) is 1. The van der Waals surface area contributed by atoms with Crippen molar-refractivity contribution in [2.75, 3.05) is 17.1 Å². The molecule has 0 aromatic heterocycles. The molecule has 2 amide bonds. The van der Waals surface area contributed by atoms with Crippen LogP contribution in [0.25, 0.3) is 0 Å². The van der Waals surface area contributed by atoms with Gasteiger partial charge in [0.1, 0.15) is 12.6 Å². The van der Waals surface area contributed by atoms with Crippen molar-refractivity contribution in [3.05, 3.63) is 105 Å². The lowest BCUT2D eigenvalue weighted by Gasteiger charge is -2.35. The van der Waals surface area contributed by atoms with Crippen LogP contribution in [0.3, 0.4) is 0 Å². The summed E-state index contributed by atoms with van der Waals surface area (Å²) in [6.45, 7) is -0.601. The van der Waals surface area contributed by atoms with Gasteiger partial charge in [0.25, 0.3) is 5.69 Å². The summed E-state index contributed by atoms with van der Waals surface area (Å²) >= 11 is 3.46. The molecule has 228 valence electrons. The van der Waals surface area contributed by atoms with Gasteiger partial charge in [-0.15, -0.1) is 0 Å². The predicted octanol–water partition coefficient (Wildman–Crippen LogP) is 5.21. The predicted molar refractivity (Wildman–Crippen MR) is 169 cm³/mol. The molecule has 1 aliphatic carbocycles. The summed E-state index contributed by atoms with van der Waals surface area (Å²) in [4.78, 5) is 40.4. The van der Waals surface area contributed by atoms with Gasteiger partial charge in [-0.25, -0.2) is 8.42 Å². The van der Waals surface area contributed by atoms with E-state index in [9.17, 15) is 28.1 Å². The van der Waals surface area contributed by atoms with Crippen LogP contribution in [-0.2, 0) is 32.6 Å². The first kappa shape index (κ1) is 32.2. The molecule has 0 spiro atoms. The third kappa shape index (κ3) is 9.11. The van der Waals surface area contributed by atoms with Crippen LogP contribution in [0.1, 0.15) is 43.2 Å². The molecule has 3 aromatic rings. The summed E-state index contributed by atoms with van der Waals surface area (Å²) in [7, 11) is -4.04. The van der Waals surface area contributed by atoms with Crippen LogP contribution in [0, 0.1) is 10.1 Å². The number of rotatable bonds is 12. The van der Waals surface area contributed by atoms with E-state index in [0.29, 0.717) is 0 Å². The number of nitro groups is 1. The van der Waals surface area contributed by atoms with E-state index in [1.807, 2.05) is 54.6 Å². The van der Waals surface area contributed by atoms with Gasteiger partial charge in [0, 0.05) is 35.6 Å². The van der Waals surface area contributed by atoms with Crippen molar-refractivity contribution in [3.8, 4) is 0 Å². The highest BCUT2D eigenvalue weighted by molar-refractivity contribution is 9.10. The van der Waals surface area contributed by atoms with E-state index in [-0.39, 0.29) is 36.3 Å². The molecule has 1 atom stereocenters. The lowest BCUT2D eigenvalue weighted by atomic mass is 9.94. The van der Waals surface area contributed by atoms with Crippen molar-refractivity contribution < 1.29 is 22.9 Å². The minimum absolute atomic E-state index is 0.000249. The topological polar surface area (TPSA) is 130 Å². The number of sulfonamides is 1. The zero-order valence-corrected chi connectivity index (χ0v) is 26.3. The molecule has 1 unspecified atom stereocenters. The van der Waals surface area contributed by atoms with E-state index in [4.69, 9.17) is 0 Å². The molecular weight excluding hydrogens is 636 g/mol. The molecule has 0 aliphatic heterocycles. The number of halogens is 1. The maximum atomic E-state index is 14.2. The maximum Gasteiger partial charge on any atom is 0.271 e. The summed E-state index contributed by atoms with van der Waals surface area (Å²) in [5, 5.41) is 14.6. The van der Waals surface area contributed by atoms with Crippen LogP contribution in [-0.4, -0.2) is 54.9 Å². The Labute approximate surface area is 260 Å². The molecule has 1 fully saturated rings. The Balaban J connectivity index is 1.73. The third-order valence-corrected chi connectivity index (χ3v) is 9.11. The molecular formula is C31H35BrN4O6S. The van der Waals surface area contributed by atoms with Gasteiger partial charge in [-0.2, -0.15) is 0 Å². The van der Waals surface area contributed by atoms with Crippen molar-refractivity contribution in [1.82, 2.24) is 10.2 Å². The van der Waals surface area contributed by atoms with Crippen LogP contribution in [0.15, 0.2) is 83.3 Å². The Kier molecular flexibility index (Phi) is 10.9. The first-order valence-corrected chi connectivity index (χ1v) is 16.8. The average Bonchev–Trinajstić information content (AvgIpc) is 2.98. The fourth-order valence-corrected chi connectivity index (χ4v) is 6.59. The molecule has 4 rings (SSSR count). The Hall–Kier alpha value is -3.77. The Morgan fingerprint density at radius 2 is 1.65 bits per heavy atom. The fraction of sp³-hybridized carbons (Fsp3) is 0.355. The monoisotopic (exact) mass is 670 g/mol. The zero-order valence-electron chi connectivity index (χ0n) is 23.9. The molecule has 3 aromatic carbocycles. The van der Waals surface area contributed by atoms with Gasteiger partial charge in [-0.3, -0.25) is 24.0 Å². The van der Waals surface area contributed by atoms with E-state index in [1.54, 1.807) is 0 Å². The second kappa shape index (κ2) is 14.6. The molecule has 43 heavy (non-hydrogen) atoms. The quantitative estimate of drug-likeness (QED) is 0.208. The summed E-state index contributed by atoms with van der Waals surface area (Å²) in [5.74, 6) is -0.919. The van der Waals surface area contributed by atoms with E-state index in [2.05, 4.69) is 21.2 Å². The number of amides is 2. The number of carbonyl (C=O) groups excluding carboxylic acids is 2. The highest BCUT2D eigenvalue weighted by atomic mass is 79.9. The van der Waals surface area contributed by atoms with Crippen molar-refractivity contribution in [2.45, 2.75) is 57.2 Å². The maximum absolute atomic E-state index is 14.2. The van der Waals surface area contributed by atoms with E-state index in [0.717, 1.165) is 64.3 Å². The van der Waals surface area contributed by atoms with Gasteiger partial charge in [0.05, 0.1) is 16.9 Å². The number of benzene rings is 3. The SMILES string of the molecule is CS(=O)(=O)N(CC(=O)N(Cc1cccc(Br)c1)C(Cc1ccccc1)C(=O)NC1CCCCC1)c1cccc([N+](=O)[O-])c1. The smallest absolute Gasteiger partial charge is 0.271 e. The molecule has 0 radical (unpaired) electrons. The van der Waals surface area contributed by atoms with Gasteiger partial charge in [-0.05, 0) is 42.2 Å². The molecule has 0 saturated heterocycles. The zero-order chi connectivity index (χ0) is 31.0. The molecule has 1 aliphatic rings. The minimum atomic E-state index is -4.04. The normalized spacial score (nSPS) is 14.5. The molecule has 0 bridgehead atoms. The first-order valence-electron chi connectivity index (χ1n) is 14.1. The number of anilines is 1. The van der Waals surface area contributed by atoms with E-state index >= 15 is 0 Å². The van der Waals surface area contributed by atoms with Crippen LogP contribution in [0.2, 0.25) is 0 Å². The Morgan fingerprint density at radius 1 is 0.977 bits per heavy atom. The molecule has 1 saturated carbocycles. The second-order valence-corrected chi connectivity index (χ2v) is 13.6. The fourth-order valence-electron chi connectivity index (χ4n) is 5.31. The number of nitro benzene ring substituents is 1. The van der Waals surface area contributed by atoms with Crippen molar-refractivity contribution >= 4 is 49.1 Å². The molecule has 1 N–H and O–H groups in total. The number of non-ortho nitro benzene ring substituents is 1. The molecule has 12 heteroatoms. The van der Waals surface area contributed by atoms with Gasteiger partial charge < -0.3 is 10.2 Å². The summed E-state index contributed by atoms with van der Waals surface area (Å²) in [6.07, 6.45) is 6.02. The van der Waals surface area contributed by atoms with Crippen molar-refractivity contribution in [2.24, 2.45) is 0 Å². The van der Waals surface area contributed by atoms with Crippen LogP contribution in [0.4, 0.5) is 11.4 Å². The van der Waals surface area contributed by atoms with Gasteiger partial charge in [-0.1, -0.05) is 83.7 Å². The number of carbonyl (C=O) groups is 2. The third-order valence-electron chi connectivity index (χ3n) is 7.47. The first-order chi connectivity index (χ1) is 20.5. The molecule has 0 heterocycles. The standard InChI is InChI=1S/C31H35BrN4O6S/c1-43(41,42)35(27-16-9-17-28(20-27)36(39)40)22-30(37)34(21-24-12-8-13-25(32)18-24)29(19-23-10-4-2-5-11-23)31(38)33-26-14-6-3-7-15-26/h2,4-5,8-13,16-18,20,26,29H,3,6-7,14-15,19,21-22H2,1H3,(H,33,38). The largest absolute Gasteiger partial charge is 0.352 e. The Bertz CT molecular complexity index is 1550. The van der Waals surface area contributed by atoms with E-state index in [1.165, 1.54) is 23.1 Å². The minimum Gasteiger partial charge on any atom is -0.352 e. The summed E-state index contributed by atoms with van der Waals surface area (Å²) in [6, 6.07) is 20.9. The van der Waals surface area contributed by atoms with Gasteiger partial charge in [0.2, 0.25) is 21.8 Å². The van der Waals surface area contributed by atoms with Gasteiger partial charge >= 0.3 is 0 Å². The summed E-state index contributed by atoms with van der Waals surface area (Å²) < 4.78 is 27.5. The van der Waals surface area contributed by atoms with Crippen LogP contribution < -0.4 is 9.62 Å². The van der Waals surface area contributed by atoms with Gasteiger partial charge in [0.15, 0.2) is 0 Å². The van der Waals surface area contributed by atoms with E-state index < -0.39 is 33.4 Å².